The summed E-state index contributed by atoms with van der Waals surface area (Å²) < 4.78 is 10.3. The Balaban J connectivity index is 1.63. The average molecular weight is 327 g/mol. The van der Waals surface area contributed by atoms with Gasteiger partial charge in [-0.05, 0) is 50.3 Å². The number of carbonyl (C=O) groups is 2. The molecule has 1 heterocycles. The summed E-state index contributed by atoms with van der Waals surface area (Å²) in [5, 5.41) is 3.00. The number of esters is 1. The third-order valence-electron chi connectivity index (χ3n) is 4.42. The van der Waals surface area contributed by atoms with Gasteiger partial charge in [0.05, 0.1) is 12.3 Å². The lowest BCUT2D eigenvalue weighted by Crippen LogP contribution is -2.39. The average Bonchev–Trinajstić information content (AvgIpc) is 3.01. The quantitative estimate of drug-likeness (QED) is 0.875. The summed E-state index contributed by atoms with van der Waals surface area (Å²) >= 11 is 0. The van der Waals surface area contributed by atoms with Gasteiger partial charge >= 0.3 is 5.97 Å². The van der Waals surface area contributed by atoms with Gasteiger partial charge in [0.2, 0.25) is 0 Å². The van der Waals surface area contributed by atoms with Crippen LogP contribution in [-0.2, 0) is 16.0 Å². The zero-order chi connectivity index (χ0) is 17.1. The lowest BCUT2D eigenvalue weighted by atomic mass is 9.87. The molecule has 0 radical (unpaired) electrons. The standard InChI is InChI=1S/C19H21NO4/c1-12-15(10-11-23-12)19(22)24-13(2)18(21)20-17-9-5-7-14-6-3-4-8-16(14)17/h3-4,6,8,10-11,13,17H,5,7,9H2,1-2H3,(H,20,21)/t13-,17-/m0/s1. The number of furan rings is 1. The van der Waals surface area contributed by atoms with E-state index in [9.17, 15) is 9.59 Å². The summed E-state index contributed by atoms with van der Waals surface area (Å²) in [6.07, 6.45) is 3.53. The minimum absolute atomic E-state index is 0.0285. The first-order valence-electron chi connectivity index (χ1n) is 8.19. The number of hydrogen-bond acceptors (Lipinski definition) is 4. The fraction of sp³-hybridized carbons (Fsp3) is 0.368. The Morgan fingerprint density at radius 3 is 2.83 bits per heavy atom. The molecule has 0 bridgehead atoms. The molecule has 1 aromatic carbocycles. The minimum Gasteiger partial charge on any atom is -0.469 e. The van der Waals surface area contributed by atoms with Crippen LogP contribution in [0.3, 0.4) is 0 Å². The fourth-order valence-corrected chi connectivity index (χ4v) is 3.07. The van der Waals surface area contributed by atoms with Crippen molar-refractivity contribution < 1.29 is 18.7 Å². The highest BCUT2D eigenvalue weighted by Crippen LogP contribution is 2.29. The topological polar surface area (TPSA) is 68.5 Å². The van der Waals surface area contributed by atoms with Crippen LogP contribution in [0.2, 0.25) is 0 Å². The second kappa shape index (κ2) is 6.91. The molecule has 0 saturated carbocycles. The molecule has 2 atom stereocenters. The summed E-state index contributed by atoms with van der Waals surface area (Å²) in [4.78, 5) is 24.5. The van der Waals surface area contributed by atoms with E-state index in [2.05, 4.69) is 11.4 Å². The van der Waals surface area contributed by atoms with Crippen LogP contribution in [0.15, 0.2) is 41.0 Å². The molecule has 3 rings (SSSR count). The molecule has 2 aromatic rings. The molecule has 1 aromatic heterocycles. The Bertz CT molecular complexity index is 749. The van der Waals surface area contributed by atoms with Crippen molar-refractivity contribution in [2.45, 2.75) is 45.3 Å². The predicted molar refractivity (Wildman–Crippen MR) is 88.6 cm³/mol. The highest BCUT2D eigenvalue weighted by Gasteiger charge is 2.26. The molecule has 1 aliphatic carbocycles. The van der Waals surface area contributed by atoms with Gasteiger partial charge in [-0.2, -0.15) is 0 Å². The molecule has 5 heteroatoms. The van der Waals surface area contributed by atoms with Gasteiger partial charge in [0, 0.05) is 0 Å². The maximum atomic E-state index is 12.4. The molecule has 5 nitrogen and oxygen atoms in total. The lowest BCUT2D eigenvalue weighted by molar-refractivity contribution is -0.130. The summed E-state index contributed by atoms with van der Waals surface area (Å²) in [7, 11) is 0. The Labute approximate surface area is 141 Å². The van der Waals surface area contributed by atoms with Crippen LogP contribution in [0, 0.1) is 6.92 Å². The van der Waals surface area contributed by atoms with E-state index in [1.54, 1.807) is 19.9 Å². The van der Waals surface area contributed by atoms with Crippen LogP contribution < -0.4 is 5.32 Å². The SMILES string of the molecule is Cc1occc1C(=O)O[C@@H](C)C(=O)N[C@H]1CCCc2ccccc21. The Kier molecular flexibility index (Phi) is 4.69. The maximum Gasteiger partial charge on any atom is 0.342 e. The third-order valence-corrected chi connectivity index (χ3v) is 4.42. The van der Waals surface area contributed by atoms with E-state index in [1.165, 1.54) is 11.8 Å². The van der Waals surface area contributed by atoms with E-state index in [0.717, 1.165) is 24.8 Å². The van der Waals surface area contributed by atoms with Crippen LogP contribution in [0.4, 0.5) is 0 Å². The van der Waals surface area contributed by atoms with Gasteiger partial charge in [0.1, 0.15) is 11.3 Å². The number of rotatable bonds is 4. The van der Waals surface area contributed by atoms with Crippen molar-refractivity contribution in [3.63, 3.8) is 0 Å². The summed E-state index contributed by atoms with van der Waals surface area (Å²) in [6, 6.07) is 9.65. The molecule has 0 unspecified atom stereocenters. The number of hydrogen-bond donors (Lipinski definition) is 1. The van der Waals surface area contributed by atoms with Crippen molar-refractivity contribution in [1.82, 2.24) is 5.32 Å². The van der Waals surface area contributed by atoms with Crippen molar-refractivity contribution in [2.75, 3.05) is 0 Å². The highest BCUT2D eigenvalue weighted by molar-refractivity contribution is 5.93. The summed E-state index contributed by atoms with van der Waals surface area (Å²) in [5.74, 6) is -0.354. The first-order chi connectivity index (χ1) is 11.6. The Morgan fingerprint density at radius 1 is 1.29 bits per heavy atom. The number of aryl methyl sites for hydroxylation is 2. The van der Waals surface area contributed by atoms with E-state index in [-0.39, 0.29) is 11.9 Å². The molecule has 0 saturated heterocycles. The van der Waals surface area contributed by atoms with Gasteiger partial charge in [-0.15, -0.1) is 0 Å². The van der Waals surface area contributed by atoms with Crippen molar-refractivity contribution in [3.05, 3.63) is 59.0 Å². The monoisotopic (exact) mass is 327 g/mol. The maximum absolute atomic E-state index is 12.4. The Hall–Kier alpha value is -2.56. The first kappa shape index (κ1) is 16.3. The number of fused-ring (bicyclic) bond motifs is 1. The molecule has 1 N–H and O–H groups in total. The zero-order valence-electron chi connectivity index (χ0n) is 13.9. The molecule has 24 heavy (non-hydrogen) atoms. The first-order valence-corrected chi connectivity index (χ1v) is 8.19. The second-order valence-electron chi connectivity index (χ2n) is 6.09. The molecule has 0 aliphatic heterocycles. The van der Waals surface area contributed by atoms with Gasteiger partial charge < -0.3 is 14.5 Å². The Morgan fingerprint density at radius 2 is 2.08 bits per heavy atom. The summed E-state index contributed by atoms with van der Waals surface area (Å²) in [6.45, 7) is 3.26. The van der Waals surface area contributed by atoms with Gasteiger partial charge in [-0.25, -0.2) is 4.79 Å². The van der Waals surface area contributed by atoms with E-state index in [0.29, 0.717) is 11.3 Å². The van der Waals surface area contributed by atoms with Crippen LogP contribution >= 0.6 is 0 Å². The summed E-state index contributed by atoms with van der Waals surface area (Å²) in [5.41, 5.74) is 2.77. The van der Waals surface area contributed by atoms with Gasteiger partial charge in [0.25, 0.3) is 5.91 Å². The van der Waals surface area contributed by atoms with Crippen LogP contribution in [0.1, 0.15) is 53.1 Å². The molecular weight excluding hydrogens is 306 g/mol. The number of carbonyl (C=O) groups excluding carboxylic acids is 2. The van der Waals surface area contributed by atoms with E-state index in [4.69, 9.17) is 9.15 Å². The normalized spacial score (nSPS) is 17.7. The largest absolute Gasteiger partial charge is 0.469 e. The number of ether oxygens (including phenoxy) is 1. The van der Waals surface area contributed by atoms with Crippen LogP contribution in [0.5, 0.6) is 0 Å². The van der Waals surface area contributed by atoms with Crippen LogP contribution in [0.25, 0.3) is 0 Å². The van der Waals surface area contributed by atoms with Gasteiger partial charge in [0.15, 0.2) is 6.10 Å². The fourth-order valence-electron chi connectivity index (χ4n) is 3.07. The van der Waals surface area contributed by atoms with Crippen molar-refractivity contribution in [2.24, 2.45) is 0 Å². The predicted octanol–water partition coefficient (Wildman–Crippen LogP) is 3.33. The van der Waals surface area contributed by atoms with Gasteiger partial charge in [-0.3, -0.25) is 4.79 Å². The van der Waals surface area contributed by atoms with Crippen molar-refractivity contribution in [1.29, 1.82) is 0 Å². The van der Waals surface area contributed by atoms with Gasteiger partial charge in [-0.1, -0.05) is 24.3 Å². The smallest absolute Gasteiger partial charge is 0.342 e. The molecule has 0 fully saturated rings. The van der Waals surface area contributed by atoms with E-state index >= 15 is 0 Å². The van der Waals surface area contributed by atoms with Crippen molar-refractivity contribution in [3.8, 4) is 0 Å². The third kappa shape index (κ3) is 3.35. The zero-order valence-corrected chi connectivity index (χ0v) is 13.9. The van der Waals surface area contributed by atoms with E-state index in [1.807, 2.05) is 18.2 Å². The number of amides is 1. The minimum atomic E-state index is -0.860. The van der Waals surface area contributed by atoms with Crippen molar-refractivity contribution >= 4 is 11.9 Å². The molecule has 126 valence electrons. The van der Waals surface area contributed by atoms with E-state index < -0.39 is 12.1 Å². The number of nitrogens with one attached hydrogen (secondary N) is 1. The number of benzene rings is 1. The molecule has 0 spiro atoms. The highest BCUT2D eigenvalue weighted by atomic mass is 16.5. The molecule has 1 aliphatic rings. The van der Waals surface area contributed by atoms with Crippen LogP contribution in [-0.4, -0.2) is 18.0 Å². The molecular formula is C19H21NO4. The lowest BCUT2D eigenvalue weighted by Gasteiger charge is -2.27. The second-order valence-corrected chi connectivity index (χ2v) is 6.09. The molecule has 1 amide bonds.